The molecule has 0 bridgehead atoms. The summed E-state index contributed by atoms with van der Waals surface area (Å²) in [7, 11) is 0. The fourth-order valence-corrected chi connectivity index (χ4v) is 1.93. The molecule has 68 valence electrons. The summed E-state index contributed by atoms with van der Waals surface area (Å²) < 4.78 is 0. The van der Waals surface area contributed by atoms with E-state index in [1.54, 1.807) is 5.57 Å². The van der Waals surface area contributed by atoms with Gasteiger partial charge in [0.05, 0.1) is 0 Å². The summed E-state index contributed by atoms with van der Waals surface area (Å²) in [5, 5.41) is 0. The van der Waals surface area contributed by atoms with Gasteiger partial charge in [0, 0.05) is 0 Å². The van der Waals surface area contributed by atoms with E-state index in [0.29, 0.717) is 0 Å². The van der Waals surface area contributed by atoms with E-state index in [1.165, 1.54) is 31.3 Å². The van der Waals surface area contributed by atoms with E-state index >= 15 is 0 Å². The summed E-state index contributed by atoms with van der Waals surface area (Å²) in [5.74, 6) is 0.838. The van der Waals surface area contributed by atoms with E-state index in [1.807, 2.05) is 0 Å². The predicted octanol–water partition coefficient (Wildman–Crippen LogP) is 4.09. The van der Waals surface area contributed by atoms with Crippen LogP contribution >= 0.6 is 0 Å². The zero-order valence-electron chi connectivity index (χ0n) is 8.56. The highest BCUT2D eigenvalue weighted by Crippen LogP contribution is 2.29. The monoisotopic (exact) mass is 164 g/mol. The molecule has 0 amide bonds. The first-order valence-electron chi connectivity index (χ1n) is 5.21. The lowest BCUT2D eigenvalue weighted by Gasteiger charge is -2.21. The highest BCUT2D eigenvalue weighted by molar-refractivity contribution is 5.29. The first-order chi connectivity index (χ1) is 5.81. The molecule has 0 saturated heterocycles. The Labute approximate surface area is 76.4 Å². The van der Waals surface area contributed by atoms with Crippen LogP contribution in [0.1, 0.15) is 46.5 Å². The molecule has 0 radical (unpaired) electrons. The van der Waals surface area contributed by atoms with Crippen LogP contribution in [0.25, 0.3) is 0 Å². The van der Waals surface area contributed by atoms with Crippen molar-refractivity contribution in [3.05, 3.63) is 23.3 Å². The van der Waals surface area contributed by atoms with Gasteiger partial charge in [-0.15, -0.1) is 0 Å². The summed E-state index contributed by atoms with van der Waals surface area (Å²) >= 11 is 0. The fourth-order valence-electron chi connectivity index (χ4n) is 1.93. The molecule has 0 aromatic heterocycles. The molecule has 0 saturated carbocycles. The van der Waals surface area contributed by atoms with Crippen LogP contribution in [0.2, 0.25) is 0 Å². The summed E-state index contributed by atoms with van der Waals surface area (Å²) in [4.78, 5) is 0. The molecule has 1 atom stereocenters. The minimum Gasteiger partial charge on any atom is -0.0807 e. The lowest BCUT2D eigenvalue weighted by molar-refractivity contribution is 0.572. The first kappa shape index (κ1) is 9.57. The molecule has 0 aliphatic heterocycles. The zero-order valence-corrected chi connectivity index (χ0v) is 8.56. The van der Waals surface area contributed by atoms with Gasteiger partial charge in [0.2, 0.25) is 0 Å². The third-order valence-electron chi connectivity index (χ3n) is 2.87. The van der Waals surface area contributed by atoms with Crippen molar-refractivity contribution in [2.24, 2.45) is 5.92 Å². The van der Waals surface area contributed by atoms with Gasteiger partial charge in [-0.05, 0) is 31.6 Å². The molecule has 0 fully saturated rings. The van der Waals surface area contributed by atoms with Gasteiger partial charge >= 0.3 is 0 Å². The summed E-state index contributed by atoms with van der Waals surface area (Å²) in [5.41, 5.74) is 3.20. The summed E-state index contributed by atoms with van der Waals surface area (Å²) in [6.45, 7) is 6.80. The van der Waals surface area contributed by atoms with Gasteiger partial charge in [0.1, 0.15) is 0 Å². The molecule has 1 aliphatic rings. The van der Waals surface area contributed by atoms with Gasteiger partial charge in [-0.1, -0.05) is 44.1 Å². The van der Waals surface area contributed by atoms with Crippen LogP contribution in [0, 0.1) is 5.92 Å². The second-order valence-electron chi connectivity index (χ2n) is 3.55. The Morgan fingerprint density at radius 3 is 2.50 bits per heavy atom. The maximum atomic E-state index is 2.41. The average Bonchev–Trinajstić information content (AvgIpc) is 2.16. The maximum Gasteiger partial charge on any atom is -0.0168 e. The van der Waals surface area contributed by atoms with Gasteiger partial charge in [-0.3, -0.25) is 0 Å². The molecule has 0 heterocycles. The average molecular weight is 164 g/mol. The van der Waals surface area contributed by atoms with Gasteiger partial charge in [-0.2, -0.15) is 0 Å². The Balaban J connectivity index is 2.71. The molecule has 1 aliphatic carbocycles. The third kappa shape index (κ3) is 2.00. The number of allylic oxidation sites excluding steroid dienone is 4. The van der Waals surface area contributed by atoms with Crippen LogP contribution in [0.15, 0.2) is 23.3 Å². The molecule has 1 rings (SSSR count). The lowest BCUT2D eigenvalue weighted by atomic mass is 9.85. The van der Waals surface area contributed by atoms with Crippen molar-refractivity contribution in [1.29, 1.82) is 0 Å². The quantitative estimate of drug-likeness (QED) is 0.589. The topological polar surface area (TPSA) is 0 Å². The van der Waals surface area contributed by atoms with E-state index in [2.05, 4.69) is 32.9 Å². The first-order valence-corrected chi connectivity index (χ1v) is 5.21. The molecule has 12 heavy (non-hydrogen) atoms. The Morgan fingerprint density at radius 2 is 2.00 bits per heavy atom. The largest absolute Gasteiger partial charge is 0.0807 e. The third-order valence-corrected chi connectivity index (χ3v) is 2.87. The van der Waals surface area contributed by atoms with E-state index in [9.17, 15) is 0 Å². The van der Waals surface area contributed by atoms with Crippen molar-refractivity contribution in [3.8, 4) is 0 Å². The van der Waals surface area contributed by atoms with Gasteiger partial charge in [0.15, 0.2) is 0 Å². The van der Waals surface area contributed by atoms with Crippen molar-refractivity contribution in [1.82, 2.24) is 0 Å². The Morgan fingerprint density at radius 1 is 1.25 bits per heavy atom. The Hall–Kier alpha value is -0.520. The van der Waals surface area contributed by atoms with E-state index < -0.39 is 0 Å². The van der Waals surface area contributed by atoms with Crippen LogP contribution in [-0.2, 0) is 0 Å². The van der Waals surface area contributed by atoms with Crippen molar-refractivity contribution < 1.29 is 0 Å². The second-order valence-corrected chi connectivity index (χ2v) is 3.55. The van der Waals surface area contributed by atoms with Crippen LogP contribution in [0.3, 0.4) is 0 Å². The van der Waals surface area contributed by atoms with E-state index in [4.69, 9.17) is 0 Å². The van der Waals surface area contributed by atoms with Crippen molar-refractivity contribution in [2.75, 3.05) is 0 Å². The molecule has 0 heteroatoms. The zero-order chi connectivity index (χ0) is 8.97. The molecule has 0 N–H and O–H groups in total. The molecular weight excluding hydrogens is 144 g/mol. The van der Waals surface area contributed by atoms with Crippen LogP contribution in [0.5, 0.6) is 0 Å². The SMILES string of the molecule is CCC1=CCC(CC)C(CC)=C1. The summed E-state index contributed by atoms with van der Waals surface area (Å²) in [6.07, 6.45) is 9.83. The van der Waals surface area contributed by atoms with Gasteiger partial charge < -0.3 is 0 Å². The molecule has 1 unspecified atom stereocenters. The Bertz CT molecular complexity index is 196. The normalized spacial score (nSPS) is 23.4. The van der Waals surface area contributed by atoms with Crippen LogP contribution in [-0.4, -0.2) is 0 Å². The van der Waals surface area contributed by atoms with E-state index in [0.717, 1.165) is 5.92 Å². The fraction of sp³-hybridized carbons (Fsp3) is 0.667. The Kier molecular flexibility index (Phi) is 3.58. The summed E-state index contributed by atoms with van der Waals surface area (Å²) in [6, 6.07) is 0. The van der Waals surface area contributed by atoms with Crippen LogP contribution in [0.4, 0.5) is 0 Å². The predicted molar refractivity (Wildman–Crippen MR) is 55.1 cm³/mol. The van der Waals surface area contributed by atoms with Crippen molar-refractivity contribution >= 4 is 0 Å². The second kappa shape index (κ2) is 4.49. The number of rotatable bonds is 3. The minimum atomic E-state index is 0.838. The number of hydrogen-bond donors (Lipinski definition) is 0. The molecular formula is C12H20. The van der Waals surface area contributed by atoms with Crippen LogP contribution < -0.4 is 0 Å². The smallest absolute Gasteiger partial charge is 0.0168 e. The van der Waals surface area contributed by atoms with Gasteiger partial charge in [-0.25, -0.2) is 0 Å². The molecule has 0 aromatic rings. The van der Waals surface area contributed by atoms with E-state index in [-0.39, 0.29) is 0 Å². The van der Waals surface area contributed by atoms with Crippen molar-refractivity contribution in [2.45, 2.75) is 46.5 Å². The molecule has 0 aromatic carbocycles. The lowest BCUT2D eigenvalue weighted by Crippen LogP contribution is -2.05. The number of hydrogen-bond acceptors (Lipinski definition) is 0. The highest BCUT2D eigenvalue weighted by Gasteiger charge is 2.13. The maximum absolute atomic E-state index is 2.41. The van der Waals surface area contributed by atoms with Crippen molar-refractivity contribution in [3.63, 3.8) is 0 Å². The highest BCUT2D eigenvalue weighted by atomic mass is 14.2. The molecule has 0 nitrogen and oxygen atoms in total. The van der Waals surface area contributed by atoms with Gasteiger partial charge in [0.25, 0.3) is 0 Å². The minimum absolute atomic E-state index is 0.838. The molecule has 0 spiro atoms. The standard InChI is InChI=1S/C12H20/c1-4-10-7-8-11(5-2)12(6-3)9-10/h7,9,11H,4-6,8H2,1-3H3.